The molecule has 7 nitrogen and oxygen atoms in total. The van der Waals surface area contributed by atoms with Gasteiger partial charge in [-0.2, -0.15) is 5.10 Å². The molecule has 0 bridgehead atoms. The summed E-state index contributed by atoms with van der Waals surface area (Å²) in [5.41, 5.74) is 1.32. The average Bonchev–Trinajstić information content (AvgIpc) is 3.02. The smallest absolute Gasteiger partial charge is 0.324 e. The van der Waals surface area contributed by atoms with Crippen LogP contribution < -0.4 is 0 Å². The Kier molecular flexibility index (Phi) is 3.69. The van der Waals surface area contributed by atoms with E-state index in [9.17, 15) is 14.4 Å². The number of amides is 2. The predicted molar refractivity (Wildman–Crippen MR) is 79.6 cm³/mol. The van der Waals surface area contributed by atoms with E-state index in [4.69, 9.17) is 4.84 Å². The first-order chi connectivity index (χ1) is 11.0. The summed E-state index contributed by atoms with van der Waals surface area (Å²) < 4.78 is 1.68. The van der Waals surface area contributed by atoms with Gasteiger partial charge in [-0.25, -0.2) is 4.79 Å². The minimum absolute atomic E-state index is 0.226. The van der Waals surface area contributed by atoms with Crippen LogP contribution in [0.5, 0.6) is 0 Å². The van der Waals surface area contributed by atoms with Crippen LogP contribution in [0.25, 0.3) is 0 Å². The second-order valence-electron chi connectivity index (χ2n) is 5.20. The van der Waals surface area contributed by atoms with Crippen LogP contribution >= 0.6 is 0 Å². The fraction of sp³-hybridized carbons (Fsp3) is 0.250. The molecule has 1 aliphatic rings. The number of rotatable bonds is 4. The number of nitrogens with zero attached hydrogens (tertiary/aromatic N) is 3. The Bertz CT molecular complexity index is 774. The largest absolute Gasteiger partial charge is 0.367 e. The van der Waals surface area contributed by atoms with Crippen molar-refractivity contribution in [3.8, 4) is 0 Å². The summed E-state index contributed by atoms with van der Waals surface area (Å²) in [4.78, 5) is 41.6. The molecule has 1 aromatic heterocycles. The maximum absolute atomic E-state index is 12.3. The SMILES string of the molecule is CCCn1ncc(C(=O)ON2C(=O)c3ccccc3C2=O)c1C. The van der Waals surface area contributed by atoms with E-state index in [2.05, 4.69) is 5.10 Å². The van der Waals surface area contributed by atoms with Gasteiger partial charge in [-0.1, -0.05) is 24.1 Å². The quantitative estimate of drug-likeness (QED) is 0.806. The molecular weight excluding hydrogens is 298 g/mol. The van der Waals surface area contributed by atoms with E-state index in [0.717, 1.165) is 6.42 Å². The standard InChI is InChI=1S/C16H15N3O4/c1-3-8-18-10(2)13(9-17-18)16(22)23-19-14(20)11-6-4-5-7-12(11)15(19)21/h4-7,9H,3,8H2,1-2H3. The van der Waals surface area contributed by atoms with E-state index < -0.39 is 17.8 Å². The molecule has 0 aliphatic carbocycles. The number of benzene rings is 1. The lowest BCUT2D eigenvalue weighted by molar-refractivity contribution is -0.0585. The fourth-order valence-corrected chi connectivity index (χ4v) is 2.47. The van der Waals surface area contributed by atoms with Crippen molar-refractivity contribution in [1.29, 1.82) is 0 Å². The lowest BCUT2D eigenvalue weighted by Crippen LogP contribution is -2.32. The molecule has 0 saturated heterocycles. The molecule has 2 amide bonds. The lowest BCUT2D eigenvalue weighted by Gasteiger charge is -2.12. The molecule has 0 spiro atoms. The van der Waals surface area contributed by atoms with E-state index >= 15 is 0 Å². The van der Waals surface area contributed by atoms with Gasteiger partial charge in [0.25, 0.3) is 11.8 Å². The first-order valence-electron chi connectivity index (χ1n) is 7.27. The van der Waals surface area contributed by atoms with Gasteiger partial charge in [0, 0.05) is 12.2 Å². The molecule has 118 valence electrons. The molecule has 0 N–H and O–H groups in total. The molecule has 1 aliphatic heterocycles. The van der Waals surface area contributed by atoms with E-state index in [-0.39, 0.29) is 16.7 Å². The highest BCUT2D eigenvalue weighted by Crippen LogP contribution is 2.23. The van der Waals surface area contributed by atoms with Crippen molar-refractivity contribution >= 4 is 17.8 Å². The van der Waals surface area contributed by atoms with Crippen molar-refractivity contribution in [1.82, 2.24) is 14.8 Å². The van der Waals surface area contributed by atoms with Crippen molar-refractivity contribution in [2.45, 2.75) is 26.8 Å². The van der Waals surface area contributed by atoms with E-state index in [0.29, 0.717) is 17.3 Å². The summed E-state index contributed by atoms with van der Waals surface area (Å²) in [7, 11) is 0. The van der Waals surface area contributed by atoms with Crippen LogP contribution in [-0.4, -0.2) is 32.6 Å². The molecule has 0 saturated carbocycles. The van der Waals surface area contributed by atoms with Crippen molar-refractivity contribution in [3.63, 3.8) is 0 Å². The number of carbonyl (C=O) groups excluding carboxylic acids is 3. The molecule has 3 rings (SSSR count). The number of hydrogen-bond donors (Lipinski definition) is 0. The zero-order valence-electron chi connectivity index (χ0n) is 12.8. The van der Waals surface area contributed by atoms with Gasteiger partial charge >= 0.3 is 5.97 Å². The molecule has 1 aromatic carbocycles. The summed E-state index contributed by atoms with van der Waals surface area (Å²) in [6.07, 6.45) is 2.25. The lowest BCUT2D eigenvalue weighted by atomic mass is 10.1. The van der Waals surface area contributed by atoms with Crippen molar-refractivity contribution < 1.29 is 19.2 Å². The maximum atomic E-state index is 12.3. The third-order valence-corrected chi connectivity index (χ3v) is 3.69. The number of hydroxylamine groups is 2. The molecule has 0 fully saturated rings. The first-order valence-corrected chi connectivity index (χ1v) is 7.27. The Labute approximate surface area is 132 Å². The maximum Gasteiger partial charge on any atom is 0.367 e. The first kappa shape index (κ1) is 15.0. The molecule has 2 heterocycles. The highest BCUT2D eigenvalue weighted by Gasteiger charge is 2.39. The zero-order valence-corrected chi connectivity index (χ0v) is 12.8. The number of carbonyl (C=O) groups is 3. The minimum Gasteiger partial charge on any atom is -0.324 e. The van der Waals surface area contributed by atoms with E-state index in [1.807, 2.05) is 6.92 Å². The van der Waals surface area contributed by atoms with Crippen molar-refractivity contribution in [2.75, 3.05) is 0 Å². The van der Waals surface area contributed by atoms with Crippen LogP contribution in [0, 0.1) is 6.92 Å². The average molecular weight is 313 g/mol. The summed E-state index contributed by atoms with van der Waals surface area (Å²) in [6, 6.07) is 6.34. The molecular formula is C16H15N3O4. The predicted octanol–water partition coefficient (Wildman–Crippen LogP) is 1.97. The van der Waals surface area contributed by atoms with Crippen LogP contribution in [0.3, 0.4) is 0 Å². The van der Waals surface area contributed by atoms with Crippen LogP contribution in [0.1, 0.15) is 50.1 Å². The molecule has 23 heavy (non-hydrogen) atoms. The number of aromatic nitrogens is 2. The molecule has 2 aromatic rings. The summed E-state index contributed by atoms with van der Waals surface area (Å²) in [6.45, 7) is 4.41. The monoisotopic (exact) mass is 313 g/mol. The van der Waals surface area contributed by atoms with Crippen LogP contribution in [-0.2, 0) is 11.4 Å². The normalized spacial score (nSPS) is 13.4. The Morgan fingerprint density at radius 1 is 1.17 bits per heavy atom. The second kappa shape index (κ2) is 5.68. The highest BCUT2D eigenvalue weighted by molar-refractivity contribution is 6.21. The molecule has 0 atom stereocenters. The minimum atomic E-state index is -0.778. The Morgan fingerprint density at radius 3 is 2.35 bits per heavy atom. The Hall–Kier alpha value is -2.96. The van der Waals surface area contributed by atoms with Crippen LogP contribution in [0.15, 0.2) is 30.5 Å². The molecule has 0 unspecified atom stereocenters. The molecule has 7 heteroatoms. The van der Waals surface area contributed by atoms with E-state index in [1.54, 1.807) is 23.7 Å². The third kappa shape index (κ3) is 2.40. The van der Waals surface area contributed by atoms with Gasteiger partial charge in [0.1, 0.15) is 5.56 Å². The Morgan fingerprint density at radius 2 is 1.78 bits per heavy atom. The van der Waals surface area contributed by atoms with Gasteiger partial charge < -0.3 is 4.84 Å². The zero-order chi connectivity index (χ0) is 16.6. The number of imide groups is 1. The number of hydrogen-bond acceptors (Lipinski definition) is 5. The van der Waals surface area contributed by atoms with E-state index in [1.165, 1.54) is 18.3 Å². The van der Waals surface area contributed by atoms with Crippen molar-refractivity contribution in [2.24, 2.45) is 0 Å². The molecule has 0 radical (unpaired) electrons. The number of fused-ring (bicyclic) bond motifs is 1. The van der Waals surface area contributed by atoms with Gasteiger partial charge in [0.2, 0.25) is 0 Å². The van der Waals surface area contributed by atoms with Gasteiger partial charge in [-0.05, 0) is 25.5 Å². The van der Waals surface area contributed by atoms with Gasteiger partial charge in [0.05, 0.1) is 17.3 Å². The van der Waals surface area contributed by atoms with Crippen LogP contribution in [0.2, 0.25) is 0 Å². The van der Waals surface area contributed by atoms with Crippen molar-refractivity contribution in [3.05, 3.63) is 52.8 Å². The number of aryl methyl sites for hydroxylation is 1. The Balaban J connectivity index is 1.82. The second-order valence-corrected chi connectivity index (χ2v) is 5.20. The van der Waals surface area contributed by atoms with Gasteiger partial charge in [-0.15, -0.1) is 0 Å². The van der Waals surface area contributed by atoms with Crippen LogP contribution in [0.4, 0.5) is 0 Å². The van der Waals surface area contributed by atoms with Gasteiger partial charge in [-0.3, -0.25) is 14.3 Å². The van der Waals surface area contributed by atoms with Gasteiger partial charge in [0.15, 0.2) is 0 Å². The summed E-state index contributed by atoms with van der Waals surface area (Å²) >= 11 is 0. The summed E-state index contributed by atoms with van der Waals surface area (Å²) in [5.74, 6) is -2.06. The third-order valence-electron chi connectivity index (χ3n) is 3.69. The fourth-order valence-electron chi connectivity index (χ4n) is 2.47. The highest BCUT2D eigenvalue weighted by atomic mass is 16.7. The summed E-state index contributed by atoms with van der Waals surface area (Å²) in [5, 5.41) is 4.61. The topological polar surface area (TPSA) is 81.5 Å².